The molecule has 0 spiro atoms. The number of hydrogen-bond acceptors (Lipinski definition) is 2. The molecule has 0 aliphatic rings. The van der Waals surface area contributed by atoms with E-state index in [1.54, 1.807) is 6.07 Å². The van der Waals surface area contributed by atoms with Crippen molar-refractivity contribution >= 4 is 34.8 Å². The number of nitrogen functional groups attached to an aromatic ring is 1. The van der Waals surface area contributed by atoms with Crippen molar-refractivity contribution in [1.29, 1.82) is 0 Å². The summed E-state index contributed by atoms with van der Waals surface area (Å²) in [6.45, 7) is 4.12. The third-order valence-corrected chi connectivity index (χ3v) is 3.56. The van der Waals surface area contributed by atoms with E-state index in [1.165, 1.54) is 6.07 Å². The maximum absolute atomic E-state index is 12.1. The summed E-state index contributed by atoms with van der Waals surface area (Å²) in [6.07, 6.45) is 2.84. The Bertz CT molecular complexity index is 435. The number of nitrogens with two attached hydrogens (primary N) is 1. The van der Waals surface area contributed by atoms with E-state index in [-0.39, 0.29) is 17.0 Å². The van der Waals surface area contributed by atoms with Crippen LogP contribution in [0.1, 0.15) is 43.5 Å². The van der Waals surface area contributed by atoms with Gasteiger partial charge in [0.05, 0.1) is 15.6 Å². The topological polar surface area (TPSA) is 55.1 Å². The summed E-state index contributed by atoms with van der Waals surface area (Å²) >= 11 is 11.9. The van der Waals surface area contributed by atoms with Crippen LogP contribution < -0.4 is 11.1 Å². The van der Waals surface area contributed by atoms with Crippen molar-refractivity contribution in [3.05, 3.63) is 27.7 Å². The first-order chi connectivity index (χ1) is 8.49. The largest absolute Gasteiger partial charge is 0.399 e. The van der Waals surface area contributed by atoms with Crippen molar-refractivity contribution in [3.63, 3.8) is 0 Å². The lowest BCUT2D eigenvalue weighted by atomic mass is 10.1. The van der Waals surface area contributed by atoms with Gasteiger partial charge in [0.1, 0.15) is 0 Å². The Morgan fingerprint density at radius 2 is 2.06 bits per heavy atom. The van der Waals surface area contributed by atoms with Crippen molar-refractivity contribution in [2.45, 2.75) is 39.2 Å². The molecule has 1 aromatic rings. The summed E-state index contributed by atoms with van der Waals surface area (Å²) in [5.41, 5.74) is 6.42. The molecule has 100 valence electrons. The average Bonchev–Trinajstić information content (AvgIpc) is 2.32. The summed E-state index contributed by atoms with van der Waals surface area (Å²) in [7, 11) is 0. The number of hydrogen-bond donors (Lipinski definition) is 2. The highest BCUT2D eigenvalue weighted by atomic mass is 35.5. The Hall–Kier alpha value is -0.930. The van der Waals surface area contributed by atoms with Crippen molar-refractivity contribution in [2.24, 2.45) is 0 Å². The number of halogens is 2. The summed E-state index contributed by atoms with van der Waals surface area (Å²) in [5, 5.41) is 3.48. The van der Waals surface area contributed by atoms with Crippen LogP contribution in [0.5, 0.6) is 0 Å². The predicted octanol–water partition coefficient (Wildman–Crippen LogP) is 3.88. The minimum atomic E-state index is -0.227. The maximum Gasteiger partial charge on any atom is 0.253 e. The minimum absolute atomic E-state index is 0.152. The van der Waals surface area contributed by atoms with Crippen molar-refractivity contribution < 1.29 is 4.79 Å². The highest BCUT2D eigenvalue weighted by Crippen LogP contribution is 2.28. The van der Waals surface area contributed by atoms with E-state index < -0.39 is 0 Å². The Kier molecular flexibility index (Phi) is 5.76. The van der Waals surface area contributed by atoms with Crippen molar-refractivity contribution in [1.82, 2.24) is 5.32 Å². The smallest absolute Gasteiger partial charge is 0.253 e. The molecule has 0 saturated carbocycles. The quantitative estimate of drug-likeness (QED) is 0.808. The average molecular weight is 289 g/mol. The fourth-order valence-electron chi connectivity index (χ4n) is 1.77. The van der Waals surface area contributed by atoms with Gasteiger partial charge in [-0.05, 0) is 25.0 Å². The van der Waals surface area contributed by atoms with Crippen molar-refractivity contribution in [3.8, 4) is 0 Å². The van der Waals surface area contributed by atoms with Crippen LogP contribution in [0.15, 0.2) is 12.1 Å². The number of amides is 1. The zero-order valence-corrected chi connectivity index (χ0v) is 12.1. The lowest BCUT2D eigenvalue weighted by Gasteiger charge is -2.17. The Balaban J connectivity index is 2.90. The molecule has 0 aliphatic carbocycles. The van der Waals surface area contributed by atoms with Gasteiger partial charge < -0.3 is 11.1 Å². The molecule has 0 fully saturated rings. The SMILES string of the molecule is CCCC(CC)NC(=O)c1cc(N)cc(Cl)c1Cl. The standard InChI is InChI=1S/C13H18Cl2N2O/c1-3-5-9(4-2)17-13(18)10-6-8(16)7-11(14)12(10)15/h6-7,9H,3-5,16H2,1-2H3,(H,17,18). The summed E-state index contributed by atoms with van der Waals surface area (Å²) in [6, 6.07) is 3.23. The van der Waals surface area contributed by atoms with E-state index in [2.05, 4.69) is 12.2 Å². The molecule has 3 nitrogen and oxygen atoms in total. The number of benzene rings is 1. The van der Waals surface area contributed by atoms with E-state index in [9.17, 15) is 4.79 Å². The lowest BCUT2D eigenvalue weighted by Crippen LogP contribution is -2.34. The van der Waals surface area contributed by atoms with Crippen LogP contribution in [0.25, 0.3) is 0 Å². The monoisotopic (exact) mass is 288 g/mol. The van der Waals surface area contributed by atoms with Gasteiger partial charge in [0, 0.05) is 11.7 Å². The molecule has 0 radical (unpaired) electrons. The van der Waals surface area contributed by atoms with Gasteiger partial charge in [-0.3, -0.25) is 4.79 Å². The van der Waals surface area contributed by atoms with E-state index in [0.29, 0.717) is 16.3 Å². The fourth-order valence-corrected chi connectivity index (χ4v) is 2.19. The fraction of sp³-hybridized carbons (Fsp3) is 0.462. The number of nitrogens with one attached hydrogen (secondary N) is 1. The van der Waals surface area contributed by atoms with Gasteiger partial charge in [-0.25, -0.2) is 0 Å². The molecule has 3 N–H and O–H groups in total. The van der Waals surface area contributed by atoms with Gasteiger partial charge in [0.2, 0.25) is 0 Å². The Morgan fingerprint density at radius 1 is 1.39 bits per heavy atom. The molecule has 1 amide bonds. The normalized spacial score (nSPS) is 12.2. The van der Waals surface area contributed by atoms with Crippen LogP contribution in [-0.4, -0.2) is 11.9 Å². The highest BCUT2D eigenvalue weighted by Gasteiger charge is 2.16. The highest BCUT2D eigenvalue weighted by molar-refractivity contribution is 6.44. The van der Waals surface area contributed by atoms with Crippen LogP contribution >= 0.6 is 23.2 Å². The second-order valence-electron chi connectivity index (χ2n) is 4.23. The summed E-state index contributed by atoms with van der Waals surface area (Å²) in [5.74, 6) is -0.227. The first kappa shape index (κ1) is 15.1. The van der Waals surface area contributed by atoms with Crippen LogP contribution in [0.2, 0.25) is 10.0 Å². The molecule has 18 heavy (non-hydrogen) atoms. The van der Waals surface area contributed by atoms with Gasteiger partial charge in [0.25, 0.3) is 5.91 Å². The molecular formula is C13H18Cl2N2O. The van der Waals surface area contributed by atoms with Gasteiger partial charge in [-0.2, -0.15) is 0 Å². The van der Waals surface area contributed by atoms with Crippen LogP contribution in [-0.2, 0) is 0 Å². The molecule has 1 aromatic carbocycles. The number of carbonyl (C=O) groups excluding carboxylic acids is 1. The summed E-state index contributed by atoms with van der Waals surface area (Å²) < 4.78 is 0. The minimum Gasteiger partial charge on any atom is -0.399 e. The Morgan fingerprint density at radius 3 is 2.61 bits per heavy atom. The molecule has 0 aliphatic heterocycles. The second-order valence-corrected chi connectivity index (χ2v) is 5.02. The zero-order chi connectivity index (χ0) is 13.7. The molecular weight excluding hydrogens is 271 g/mol. The Labute approximate surface area is 118 Å². The lowest BCUT2D eigenvalue weighted by molar-refractivity contribution is 0.0934. The van der Waals surface area contributed by atoms with Gasteiger partial charge in [-0.1, -0.05) is 43.5 Å². The molecule has 1 atom stereocenters. The van der Waals surface area contributed by atoms with Gasteiger partial charge in [-0.15, -0.1) is 0 Å². The van der Waals surface area contributed by atoms with E-state index in [4.69, 9.17) is 28.9 Å². The maximum atomic E-state index is 12.1. The second kappa shape index (κ2) is 6.86. The van der Waals surface area contributed by atoms with E-state index in [0.717, 1.165) is 19.3 Å². The predicted molar refractivity (Wildman–Crippen MR) is 77.3 cm³/mol. The molecule has 1 unspecified atom stereocenters. The molecule has 5 heteroatoms. The molecule has 0 heterocycles. The summed E-state index contributed by atoms with van der Waals surface area (Å²) in [4.78, 5) is 12.1. The third-order valence-electron chi connectivity index (χ3n) is 2.76. The molecule has 0 aromatic heterocycles. The first-order valence-corrected chi connectivity index (χ1v) is 6.80. The van der Waals surface area contributed by atoms with Crippen LogP contribution in [0.4, 0.5) is 5.69 Å². The van der Waals surface area contributed by atoms with Crippen LogP contribution in [0.3, 0.4) is 0 Å². The van der Waals surface area contributed by atoms with Crippen molar-refractivity contribution in [2.75, 3.05) is 5.73 Å². The number of carbonyl (C=O) groups is 1. The van der Waals surface area contributed by atoms with E-state index >= 15 is 0 Å². The number of rotatable bonds is 5. The first-order valence-electron chi connectivity index (χ1n) is 6.04. The number of anilines is 1. The zero-order valence-electron chi connectivity index (χ0n) is 10.6. The molecule has 0 saturated heterocycles. The molecule has 1 rings (SSSR count). The third kappa shape index (κ3) is 3.79. The van der Waals surface area contributed by atoms with Crippen LogP contribution in [0, 0.1) is 0 Å². The van der Waals surface area contributed by atoms with Gasteiger partial charge >= 0.3 is 0 Å². The van der Waals surface area contributed by atoms with E-state index in [1.807, 2.05) is 6.92 Å². The molecule has 0 bridgehead atoms. The van der Waals surface area contributed by atoms with Gasteiger partial charge in [0.15, 0.2) is 0 Å².